The van der Waals surface area contributed by atoms with E-state index in [0.717, 1.165) is 43.2 Å². The number of aromatic nitrogens is 2. The monoisotopic (exact) mass is 530 g/mol. The molecule has 6 rings (SSSR count). The fraction of sp³-hybridized carbons (Fsp3) is 0.533. The molecular formula is C30H38N6O3. The third-order valence-electron chi connectivity index (χ3n) is 8.99. The largest absolute Gasteiger partial charge is 0.444 e. The van der Waals surface area contributed by atoms with Gasteiger partial charge in [0.2, 0.25) is 11.9 Å². The molecule has 4 heterocycles. The summed E-state index contributed by atoms with van der Waals surface area (Å²) < 4.78 is 5.20. The summed E-state index contributed by atoms with van der Waals surface area (Å²) in [4.78, 5) is 39.2. The van der Waals surface area contributed by atoms with Crippen molar-refractivity contribution in [2.75, 3.05) is 42.9 Å². The van der Waals surface area contributed by atoms with E-state index in [1.165, 1.54) is 42.2 Å². The number of rotatable bonds is 9. The summed E-state index contributed by atoms with van der Waals surface area (Å²) in [6.07, 6.45) is 8.02. The van der Waals surface area contributed by atoms with Crippen molar-refractivity contribution in [2.24, 2.45) is 11.3 Å². The van der Waals surface area contributed by atoms with Gasteiger partial charge >= 0.3 is 6.09 Å². The van der Waals surface area contributed by atoms with Gasteiger partial charge in [-0.2, -0.15) is 4.98 Å². The van der Waals surface area contributed by atoms with Gasteiger partial charge in [-0.05, 0) is 43.4 Å². The van der Waals surface area contributed by atoms with Gasteiger partial charge in [-0.1, -0.05) is 50.1 Å². The van der Waals surface area contributed by atoms with Crippen LogP contribution < -0.4 is 10.2 Å². The average molecular weight is 531 g/mol. The number of nitrogens with one attached hydrogen (secondary N) is 1. The molecule has 1 aromatic heterocycles. The van der Waals surface area contributed by atoms with Crippen LogP contribution >= 0.6 is 0 Å². The quantitative estimate of drug-likeness (QED) is 0.471. The maximum atomic E-state index is 12.1. The number of cyclic esters (lactones) is 1. The molecule has 4 aliphatic rings. The van der Waals surface area contributed by atoms with Gasteiger partial charge in [0.05, 0.1) is 11.6 Å². The summed E-state index contributed by atoms with van der Waals surface area (Å²) in [5.41, 5.74) is 3.61. The van der Waals surface area contributed by atoms with E-state index >= 15 is 0 Å². The maximum absolute atomic E-state index is 12.1. The molecule has 9 heteroatoms. The Kier molecular flexibility index (Phi) is 6.79. The maximum Gasteiger partial charge on any atom is 0.415 e. The molecule has 9 nitrogen and oxygen atoms in total. The highest BCUT2D eigenvalue weighted by molar-refractivity contribution is 5.89. The highest BCUT2D eigenvalue weighted by atomic mass is 16.6. The van der Waals surface area contributed by atoms with Gasteiger partial charge in [-0.15, -0.1) is 0 Å². The van der Waals surface area contributed by atoms with Crippen LogP contribution in [0.5, 0.6) is 0 Å². The Morgan fingerprint density at radius 2 is 1.92 bits per heavy atom. The van der Waals surface area contributed by atoms with E-state index in [2.05, 4.69) is 58.0 Å². The number of carbonyl (C=O) groups excluding carboxylic acids is 2. The zero-order valence-electron chi connectivity index (χ0n) is 22.9. The Bertz CT molecular complexity index is 1250. The first-order valence-corrected chi connectivity index (χ1v) is 14.2. The summed E-state index contributed by atoms with van der Waals surface area (Å²) in [6.45, 7) is 12.1. The molecule has 1 aliphatic carbocycles. The lowest BCUT2D eigenvalue weighted by atomic mass is 9.70. The normalized spacial score (nSPS) is 21.6. The van der Waals surface area contributed by atoms with Crippen LogP contribution in [0.15, 0.2) is 43.1 Å². The van der Waals surface area contributed by atoms with Crippen LogP contribution in [0.25, 0.3) is 0 Å². The number of ether oxygens (including phenoxy) is 1. The highest BCUT2D eigenvalue weighted by Crippen LogP contribution is 2.47. The van der Waals surface area contributed by atoms with Crippen LogP contribution in [-0.4, -0.2) is 64.5 Å². The topological polar surface area (TPSA) is 90.9 Å². The zero-order chi connectivity index (χ0) is 27.1. The van der Waals surface area contributed by atoms with Crippen molar-refractivity contribution < 1.29 is 14.3 Å². The second kappa shape index (κ2) is 10.3. The Morgan fingerprint density at radius 3 is 2.56 bits per heavy atom. The smallest absolute Gasteiger partial charge is 0.415 e. The minimum absolute atomic E-state index is 0.00318. The van der Waals surface area contributed by atoms with Gasteiger partial charge in [0.1, 0.15) is 12.4 Å². The van der Waals surface area contributed by atoms with Crippen LogP contribution in [0.1, 0.15) is 68.3 Å². The molecule has 2 atom stereocenters. The van der Waals surface area contributed by atoms with Crippen molar-refractivity contribution in [1.29, 1.82) is 0 Å². The van der Waals surface area contributed by atoms with Gasteiger partial charge in [0, 0.05) is 50.4 Å². The minimum atomic E-state index is -0.372. The second-order valence-electron chi connectivity index (χ2n) is 11.7. The third-order valence-corrected chi connectivity index (χ3v) is 8.99. The summed E-state index contributed by atoms with van der Waals surface area (Å²) >= 11 is 0. The van der Waals surface area contributed by atoms with E-state index in [0.29, 0.717) is 24.4 Å². The number of nitrogens with zero attached hydrogens (tertiary/aromatic N) is 5. The number of hydrogen-bond acceptors (Lipinski definition) is 7. The molecule has 2 saturated heterocycles. The minimum Gasteiger partial charge on any atom is -0.444 e. The van der Waals surface area contributed by atoms with Crippen LogP contribution in [-0.2, 0) is 16.1 Å². The average Bonchev–Trinajstić information content (AvgIpc) is 2.87. The van der Waals surface area contributed by atoms with E-state index in [1.807, 2.05) is 11.8 Å². The Hall–Kier alpha value is -3.46. The van der Waals surface area contributed by atoms with Crippen molar-refractivity contribution in [3.8, 4) is 0 Å². The molecule has 3 aliphatic heterocycles. The lowest BCUT2D eigenvalue weighted by molar-refractivity contribution is -0.160. The molecule has 1 saturated carbocycles. The number of benzene rings is 1. The highest BCUT2D eigenvalue weighted by Gasteiger charge is 2.54. The van der Waals surface area contributed by atoms with E-state index in [4.69, 9.17) is 4.74 Å². The molecule has 1 spiro atoms. The molecule has 0 radical (unpaired) electrons. The van der Waals surface area contributed by atoms with Gasteiger partial charge in [-0.3, -0.25) is 14.6 Å². The number of carbonyl (C=O) groups is 2. The standard InChI is InChI=1S/C30H38N6O3/c1-4-26(37)35-18-30(19-35)16-34(17-30)25(13-21-7-6-8-21)23-11-9-22(10-12-23)20(3)32-28-31-14-24-15-39-29(38)36(5-2)27(24)33-28/h4,9-12,14,20-21,25H,1,5-8,13,15-19H2,2-3H3,(H,31,32,33)/t20-,25?/m0/s1. The number of fused-ring (bicyclic) bond motifs is 1. The first kappa shape index (κ1) is 25.8. The molecule has 2 amide bonds. The summed E-state index contributed by atoms with van der Waals surface area (Å²) in [5.74, 6) is 1.97. The molecule has 1 unspecified atom stereocenters. The van der Waals surface area contributed by atoms with Crippen LogP contribution in [0.3, 0.4) is 0 Å². The van der Waals surface area contributed by atoms with Crippen molar-refractivity contribution in [2.45, 2.75) is 58.2 Å². The van der Waals surface area contributed by atoms with Crippen LogP contribution in [0.2, 0.25) is 0 Å². The molecule has 1 aromatic carbocycles. The van der Waals surface area contributed by atoms with Crippen LogP contribution in [0.4, 0.5) is 16.6 Å². The first-order valence-electron chi connectivity index (χ1n) is 14.2. The Balaban J connectivity index is 1.12. The van der Waals surface area contributed by atoms with E-state index in [1.54, 1.807) is 6.20 Å². The second-order valence-corrected chi connectivity index (χ2v) is 11.7. The summed E-state index contributed by atoms with van der Waals surface area (Å²) in [5, 5.41) is 3.41. The van der Waals surface area contributed by atoms with Crippen LogP contribution in [0, 0.1) is 11.3 Å². The van der Waals surface area contributed by atoms with Crippen molar-refractivity contribution >= 4 is 23.8 Å². The molecule has 0 bridgehead atoms. The van der Waals surface area contributed by atoms with Gasteiger partial charge in [-0.25, -0.2) is 9.78 Å². The van der Waals surface area contributed by atoms with E-state index < -0.39 is 0 Å². The molecule has 39 heavy (non-hydrogen) atoms. The number of likely N-dealkylation sites (tertiary alicyclic amines) is 2. The Labute approximate surface area is 230 Å². The lowest BCUT2D eigenvalue weighted by Gasteiger charge is -2.62. The number of amides is 2. The van der Waals surface area contributed by atoms with E-state index in [-0.39, 0.29) is 30.1 Å². The van der Waals surface area contributed by atoms with Crippen molar-refractivity contribution in [1.82, 2.24) is 19.8 Å². The predicted molar refractivity (Wildman–Crippen MR) is 149 cm³/mol. The predicted octanol–water partition coefficient (Wildman–Crippen LogP) is 4.69. The molecule has 2 aromatic rings. The zero-order valence-corrected chi connectivity index (χ0v) is 22.9. The summed E-state index contributed by atoms with van der Waals surface area (Å²) in [7, 11) is 0. The first-order chi connectivity index (χ1) is 18.9. The lowest BCUT2D eigenvalue weighted by Crippen LogP contribution is -2.73. The SMILES string of the molecule is C=CC(=O)N1CC2(C1)CN(C(CC1CCC1)c1ccc([C@H](C)Nc3ncc4c(n3)N(CC)C(=O)OC4)cc1)C2. The van der Waals surface area contributed by atoms with E-state index in [9.17, 15) is 9.59 Å². The number of anilines is 2. The van der Waals surface area contributed by atoms with Gasteiger partial charge < -0.3 is 15.0 Å². The fourth-order valence-electron chi connectivity index (χ4n) is 6.49. The molecule has 3 fully saturated rings. The molecular weight excluding hydrogens is 492 g/mol. The van der Waals surface area contributed by atoms with Gasteiger partial charge in [0.15, 0.2) is 0 Å². The summed E-state index contributed by atoms with van der Waals surface area (Å²) in [6, 6.07) is 9.39. The molecule has 206 valence electrons. The fourth-order valence-corrected chi connectivity index (χ4v) is 6.49. The Morgan fingerprint density at radius 1 is 1.21 bits per heavy atom. The molecule has 1 N–H and O–H groups in total. The van der Waals surface area contributed by atoms with Crippen molar-refractivity contribution in [3.05, 3.63) is 59.8 Å². The third kappa shape index (κ3) is 4.88. The van der Waals surface area contributed by atoms with Crippen molar-refractivity contribution in [3.63, 3.8) is 0 Å². The van der Waals surface area contributed by atoms with Gasteiger partial charge in [0.25, 0.3) is 0 Å². The number of hydrogen-bond donors (Lipinski definition) is 1.